The number of carbonyl (C=O) groups is 1. The summed E-state index contributed by atoms with van der Waals surface area (Å²) in [6, 6.07) is 0.132. The van der Waals surface area contributed by atoms with Gasteiger partial charge in [0.25, 0.3) is 5.91 Å². The molecule has 0 saturated carbocycles. The highest BCUT2D eigenvalue weighted by atomic mass is 79.9. The Morgan fingerprint density at radius 1 is 1.92 bits per heavy atom. The van der Waals surface area contributed by atoms with Crippen LogP contribution in [0.3, 0.4) is 0 Å². The molecular formula is C7H10BrN3O. The Bertz CT molecular complexity index is 247. The summed E-state index contributed by atoms with van der Waals surface area (Å²) in [6.07, 6.45) is 3.06. The van der Waals surface area contributed by atoms with E-state index in [0.29, 0.717) is 5.56 Å². The highest BCUT2D eigenvalue weighted by molar-refractivity contribution is 9.09. The molecule has 1 amide bonds. The third kappa shape index (κ3) is 2.34. The van der Waals surface area contributed by atoms with E-state index in [9.17, 15) is 4.79 Å². The average molecular weight is 232 g/mol. The Labute approximate surface area is 78.9 Å². The summed E-state index contributed by atoms with van der Waals surface area (Å²) in [5.74, 6) is -0.101. The minimum atomic E-state index is -0.101. The normalized spacial score (nSPS) is 12.5. The van der Waals surface area contributed by atoms with Crippen molar-refractivity contribution in [2.24, 2.45) is 0 Å². The second-order valence-electron chi connectivity index (χ2n) is 2.52. The van der Waals surface area contributed by atoms with Gasteiger partial charge < -0.3 is 5.32 Å². The Kier molecular flexibility index (Phi) is 3.28. The van der Waals surface area contributed by atoms with Crippen LogP contribution in [-0.4, -0.2) is 27.5 Å². The summed E-state index contributed by atoms with van der Waals surface area (Å²) in [7, 11) is 0. The number of nitrogens with one attached hydrogen (secondary N) is 2. The second kappa shape index (κ2) is 4.25. The topological polar surface area (TPSA) is 57.8 Å². The van der Waals surface area contributed by atoms with Gasteiger partial charge in [-0.05, 0) is 6.92 Å². The molecule has 1 aromatic heterocycles. The molecule has 0 fully saturated rings. The van der Waals surface area contributed by atoms with Gasteiger partial charge in [0.05, 0.1) is 11.8 Å². The van der Waals surface area contributed by atoms with Gasteiger partial charge in [0.15, 0.2) is 0 Å². The maximum atomic E-state index is 11.3. The minimum absolute atomic E-state index is 0.101. The number of aromatic nitrogens is 2. The standard InChI is InChI=1S/C7H10BrN3O/c1-5(2-8)11-7(12)6-3-9-10-4-6/h3-5H,2H2,1H3,(H,9,10)(H,11,12). The summed E-state index contributed by atoms with van der Waals surface area (Å²) < 4.78 is 0. The molecule has 5 heteroatoms. The van der Waals surface area contributed by atoms with E-state index in [4.69, 9.17) is 0 Å². The monoisotopic (exact) mass is 231 g/mol. The number of nitrogens with zero attached hydrogens (tertiary/aromatic N) is 1. The number of H-pyrrole nitrogens is 1. The molecule has 0 aliphatic heterocycles. The third-order valence-electron chi connectivity index (χ3n) is 1.37. The molecule has 0 aliphatic carbocycles. The molecule has 0 radical (unpaired) electrons. The van der Waals surface area contributed by atoms with E-state index >= 15 is 0 Å². The summed E-state index contributed by atoms with van der Waals surface area (Å²) in [6.45, 7) is 1.92. The van der Waals surface area contributed by atoms with Crippen molar-refractivity contribution in [2.45, 2.75) is 13.0 Å². The van der Waals surface area contributed by atoms with Crippen molar-refractivity contribution in [3.8, 4) is 0 Å². The number of carbonyl (C=O) groups excluding carboxylic acids is 1. The van der Waals surface area contributed by atoms with Gasteiger partial charge in [-0.1, -0.05) is 15.9 Å². The molecule has 1 unspecified atom stereocenters. The number of halogens is 1. The second-order valence-corrected chi connectivity index (χ2v) is 3.16. The number of alkyl halides is 1. The smallest absolute Gasteiger partial charge is 0.254 e. The summed E-state index contributed by atoms with van der Waals surface area (Å²) in [5.41, 5.74) is 0.558. The van der Waals surface area contributed by atoms with Crippen LogP contribution in [0.15, 0.2) is 12.4 Å². The Morgan fingerprint density at radius 2 is 2.67 bits per heavy atom. The quantitative estimate of drug-likeness (QED) is 0.761. The average Bonchev–Trinajstić information content (AvgIpc) is 2.56. The molecule has 0 aromatic carbocycles. The number of hydrogen-bond donors (Lipinski definition) is 2. The predicted molar refractivity (Wildman–Crippen MR) is 49.3 cm³/mol. The predicted octanol–water partition coefficient (Wildman–Crippen LogP) is 0.923. The van der Waals surface area contributed by atoms with Crippen molar-refractivity contribution >= 4 is 21.8 Å². The molecule has 2 N–H and O–H groups in total. The third-order valence-corrected chi connectivity index (χ3v) is 2.34. The summed E-state index contributed by atoms with van der Waals surface area (Å²) >= 11 is 3.27. The lowest BCUT2D eigenvalue weighted by atomic mass is 10.3. The highest BCUT2D eigenvalue weighted by Crippen LogP contribution is 1.95. The Balaban J connectivity index is 2.50. The zero-order chi connectivity index (χ0) is 8.97. The van der Waals surface area contributed by atoms with E-state index in [-0.39, 0.29) is 11.9 Å². The van der Waals surface area contributed by atoms with Gasteiger partial charge in [-0.15, -0.1) is 0 Å². The van der Waals surface area contributed by atoms with Crippen molar-refractivity contribution < 1.29 is 4.79 Å². The molecule has 66 valence electrons. The van der Waals surface area contributed by atoms with Crippen LogP contribution in [-0.2, 0) is 0 Å². The number of rotatable bonds is 3. The first-order chi connectivity index (χ1) is 5.74. The van der Waals surface area contributed by atoms with Crippen LogP contribution in [0.5, 0.6) is 0 Å². The maximum absolute atomic E-state index is 11.3. The van der Waals surface area contributed by atoms with Crippen molar-refractivity contribution in [1.82, 2.24) is 15.5 Å². The largest absolute Gasteiger partial charge is 0.349 e. The number of hydrogen-bond acceptors (Lipinski definition) is 2. The van der Waals surface area contributed by atoms with Crippen LogP contribution in [0.2, 0.25) is 0 Å². The molecule has 0 spiro atoms. The van der Waals surface area contributed by atoms with E-state index in [1.807, 2.05) is 6.92 Å². The van der Waals surface area contributed by atoms with Gasteiger partial charge >= 0.3 is 0 Å². The molecule has 0 aliphatic rings. The molecule has 1 aromatic rings. The fourth-order valence-electron chi connectivity index (χ4n) is 0.721. The van der Waals surface area contributed by atoms with Gasteiger partial charge in [-0.2, -0.15) is 5.10 Å². The molecule has 1 heterocycles. The van der Waals surface area contributed by atoms with Crippen molar-refractivity contribution in [3.63, 3.8) is 0 Å². The van der Waals surface area contributed by atoms with Gasteiger partial charge in [-0.25, -0.2) is 0 Å². The molecule has 1 atom stereocenters. The van der Waals surface area contributed by atoms with Gasteiger partial charge in [0.1, 0.15) is 0 Å². The first-order valence-corrected chi connectivity index (χ1v) is 4.71. The van der Waals surface area contributed by atoms with E-state index in [1.165, 1.54) is 6.20 Å². The SMILES string of the molecule is CC(CBr)NC(=O)c1cn[nH]c1. The fraction of sp³-hybridized carbons (Fsp3) is 0.429. The van der Waals surface area contributed by atoms with Gasteiger partial charge in [0, 0.05) is 17.6 Å². The highest BCUT2D eigenvalue weighted by Gasteiger charge is 2.08. The first-order valence-electron chi connectivity index (χ1n) is 3.59. The van der Waals surface area contributed by atoms with E-state index in [1.54, 1.807) is 6.20 Å². The van der Waals surface area contributed by atoms with E-state index in [0.717, 1.165) is 5.33 Å². The minimum Gasteiger partial charge on any atom is -0.349 e. The van der Waals surface area contributed by atoms with Gasteiger partial charge in [-0.3, -0.25) is 9.89 Å². The molecule has 1 rings (SSSR count). The summed E-state index contributed by atoms with van der Waals surface area (Å²) in [5, 5.41) is 9.79. The zero-order valence-corrected chi connectivity index (χ0v) is 8.26. The molecule has 0 bridgehead atoms. The number of amides is 1. The lowest BCUT2D eigenvalue weighted by molar-refractivity contribution is 0.0944. The van der Waals surface area contributed by atoms with Crippen LogP contribution in [0, 0.1) is 0 Å². The van der Waals surface area contributed by atoms with Crippen LogP contribution in [0.25, 0.3) is 0 Å². The molecule has 12 heavy (non-hydrogen) atoms. The lowest BCUT2D eigenvalue weighted by Crippen LogP contribution is -2.33. The zero-order valence-electron chi connectivity index (χ0n) is 6.67. The Hall–Kier alpha value is -0.840. The van der Waals surface area contributed by atoms with Crippen molar-refractivity contribution in [3.05, 3.63) is 18.0 Å². The Morgan fingerprint density at radius 3 is 3.17 bits per heavy atom. The maximum Gasteiger partial charge on any atom is 0.254 e. The summed E-state index contributed by atoms with van der Waals surface area (Å²) in [4.78, 5) is 11.3. The van der Waals surface area contributed by atoms with Gasteiger partial charge in [0.2, 0.25) is 0 Å². The van der Waals surface area contributed by atoms with Crippen molar-refractivity contribution in [2.75, 3.05) is 5.33 Å². The number of aromatic amines is 1. The fourth-order valence-corrected chi connectivity index (χ4v) is 0.883. The van der Waals surface area contributed by atoms with E-state index < -0.39 is 0 Å². The molecule has 4 nitrogen and oxygen atoms in total. The van der Waals surface area contributed by atoms with Crippen LogP contribution in [0.4, 0.5) is 0 Å². The van der Waals surface area contributed by atoms with Crippen molar-refractivity contribution in [1.29, 1.82) is 0 Å². The van der Waals surface area contributed by atoms with Crippen LogP contribution >= 0.6 is 15.9 Å². The first kappa shape index (κ1) is 9.25. The molecular weight excluding hydrogens is 222 g/mol. The van der Waals surface area contributed by atoms with Crippen LogP contribution in [0.1, 0.15) is 17.3 Å². The van der Waals surface area contributed by atoms with E-state index in [2.05, 4.69) is 31.4 Å². The lowest BCUT2D eigenvalue weighted by Gasteiger charge is -2.08. The van der Waals surface area contributed by atoms with Crippen LogP contribution < -0.4 is 5.32 Å². The molecule has 0 saturated heterocycles.